The first-order chi connectivity index (χ1) is 24.1. The van der Waals surface area contributed by atoms with Gasteiger partial charge in [-0.3, -0.25) is 9.59 Å². The van der Waals surface area contributed by atoms with Crippen molar-refractivity contribution in [1.82, 2.24) is 9.13 Å². The van der Waals surface area contributed by atoms with Gasteiger partial charge in [0, 0.05) is 41.5 Å². The zero-order valence-electron chi connectivity index (χ0n) is 29.0. The summed E-state index contributed by atoms with van der Waals surface area (Å²) >= 11 is 0. The van der Waals surface area contributed by atoms with E-state index in [2.05, 4.69) is 125 Å². The molecular weight excluding hydrogens is 603 g/mol. The molecule has 0 aliphatic carbocycles. The minimum Gasteiger partial charge on any atom is -0.339 e. The van der Waals surface area contributed by atoms with E-state index >= 15 is 0 Å². The first kappa shape index (κ1) is 35.2. The van der Waals surface area contributed by atoms with Gasteiger partial charge in [-0.1, -0.05) is 107 Å². The Hall–Kier alpha value is -5.16. The number of unbranched alkanes of at least 4 members (excludes halogenated alkanes) is 6. The lowest BCUT2D eigenvalue weighted by atomic mass is 10.1. The van der Waals surface area contributed by atoms with E-state index in [0.29, 0.717) is 0 Å². The summed E-state index contributed by atoms with van der Waals surface area (Å²) in [5.41, 5.74) is 8.95. The fourth-order valence-corrected chi connectivity index (χ4v) is 6.26. The number of hydrogen-bond acceptors (Lipinski definition) is 3. The lowest BCUT2D eigenvalue weighted by molar-refractivity contribution is 0.110. The molecule has 2 heterocycles. The molecule has 0 unspecified atom stereocenters. The predicted octanol–water partition coefficient (Wildman–Crippen LogP) is 11.9. The van der Waals surface area contributed by atoms with Crippen LogP contribution in [0.1, 0.15) is 109 Å². The Morgan fingerprint density at radius 3 is 1.27 bits per heavy atom. The van der Waals surface area contributed by atoms with Crippen molar-refractivity contribution in [3.8, 4) is 0 Å². The van der Waals surface area contributed by atoms with Gasteiger partial charge in [0.2, 0.25) is 0 Å². The van der Waals surface area contributed by atoms with Crippen LogP contribution < -0.4 is 4.90 Å². The Morgan fingerprint density at radius 2 is 0.857 bits per heavy atom. The second-order valence-corrected chi connectivity index (χ2v) is 12.5. The van der Waals surface area contributed by atoms with Crippen LogP contribution in [0.25, 0.3) is 24.3 Å². The van der Waals surface area contributed by atoms with Crippen molar-refractivity contribution in [2.24, 2.45) is 0 Å². The number of anilines is 3. The molecule has 5 nitrogen and oxygen atoms in total. The SMILES string of the molecule is CCCCCCn1c(C=O)ccc1C=Cc1ccc(N(c2ccccc2)c2ccc(C=Cc3ccc(C=O)n3CCCCCC)cc2)cc1. The number of aldehydes is 2. The summed E-state index contributed by atoms with van der Waals surface area (Å²) < 4.78 is 4.25. The molecule has 3 aromatic carbocycles. The number of aromatic nitrogens is 2. The van der Waals surface area contributed by atoms with Crippen molar-refractivity contribution in [3.63, 3.8) is 0 Å². The van der Waals surface area contributed by atoms with Crippen molar-refractivity contribution in [3.05, 3.63) is 137 Å². The van der Waals surface area contributed by atoms with E-state index in [1.165, 1.54) is 38.5 Å². The lowest BCUT2D eigenvalue weighted by Gasteiger charge is -2.25. The van der Waals surface area contributed by atoms with E-state index < -0.39 is 0 Å². The Labute approximate surface area is 292 Å². The molecule has 2 aromatic heterocycles. The number of hydrogen-bond donors (Lipinski definition) is 0. The fourth-order valence-electron chi connectivity index (χ4n) is 6.26. The molecule has 5 aromatic rings. The molecule has 0 saturated heterocycles. The van der Waals surface area contributed by atoms with Crippen LogP contribution in [0, 0.1) is 0 Å². The molecule has 0 fully saturated rings. The Bertz CT molecular complexity index is 1690. The molecule has 0 aliphatic rings. The zero-order valence-corrected chi connectivity index (χ0v) is 29.0. The number of rotatable bonds is 19. The molecule has 0 amide bonds. The quantitative estimate of drug-likeness (QED) is 0.0659. The minimum absolute atomic E-state index is 0.728. The van der Waals surface area contributed by atoms with E-state index in [1.807, 2.05) is 30.3 Å². The molecule has 0 N–H and O–H groups in total. The molecule has 0 spiro atoms. The molecule has 0 atom stereocenters. The van der Waals surface area contributed by atoms with Crippen LogP contribution in [0.5, 0.6) is 0 Å². The molecule has 5 rings (SSSR count). The standard InChI is InChI=1S/C44H49N3O2/c1-3-5-7-12-32-45-38(28-30-43(45)34-48)22-16-36-18-24-41(25-19-36)47(40-14-10-9-11-15-40)42-26-20-37(21-27-42)17-23-39-29-31-44(35-49)46(39)33-13-8-6-4-2/h9-11,14-31,34-35H,3-8,12-13,32-33H2,1-2H3. The van der Waals surface area contributed by atoms with E-state index in [-0.39, 0.29) is 0 Å². The predicted molar refractivity (Wildman–Crippen MR) is 207 cm³/mol. The number of nitrogens with zero attached hydrogens (tertiary/aromatic N) is 3. The maximum absolute atomic E-state index is 11.7. The molecule has 0 bridgehead atoms. The van der Waals surface area contributed by atoms with Gasteiger partial charge in [-0.25, -0.2) is 0 Å². The normalized spacial score (nSPS) is 11.5. The van der Waals surface area contributed by atoms with Gasteiger partial charge in [-0.05, 0) is 96.8 Å². The van der Waals surface area contributed by atoms with Crippen LogP contribution in [0.3, 0.4) is 0 Å². The average molecular weight is 652 g/mol. The smallest absolute Gasteiger partial charge is 0.166 e. The van der Waals surface area contributed by atoms with Crippen LogP contribution in [0.2, 0.25) is 0 Å². The maximum atomic E-state index is 11.7. The third kappa shape index (κ3) is 9.48. The summed E-state index contributed by atoms with van der Waals surface area (Å²) in [5, 5.41) is 0. The molecule has 252 valence electrons. The largest absolute Gasteiger partial charge is 0.339 e. The molecule has 0 radical (unpaired) electrons. The van der Waals surface area contributed by atoms with Crippen LogP contribution in [0.15, 0.2) is 103 Å². The molecule has 5 heteroatoms. The first-order valence-corrected chi connectivity index (χ1v) is 17.9. The van der Waals surface area contributed by atoms with Crippen LogP contribution in [0.4, 0.5) is 17.1 Å². The second-order valence-electron chi connectivity index (χ2n) is 12.5. The van der Waals surface area contributed by atoms with E-state index in [1.54, 1.807) is 0 Å². The monoisotopic (exact) mass is 651 g/mol. The van der Waals surface area contributed by atoms with Gasteiger partial charge in [-0.2, -0.15) is 0 Å². The first-order valence-electron chi connectivity index (χ1n) is 17.9. The summed E-state index contributed by atoms with van der Waals surface area (Å²) in [7, 11) is 0. The fraction of sp³-hybridized carbons (Fsp3) is 0.273. The Morgan fingerprint density at radius 1 is 0.449 bits per heavy atom. The van der Waals surface area contributed by atoms with Gasteiger partial charge in [0.25, 0.3) is 0 Å². The zero-order chi connectivity index (χ0) is 34.3. The topological polar surface area (TPSA) is 47.2 Å². The number of benzene rings is 3. The van der Waals surface area contributed by atoms with Gasteiger partial charge in [0.05, 0.1) is 11.4 Å². The summed E-state index contributed by atoms with van der Waals surface area (Å²) in [5.74, 6) is 0. The van der Waals surface area contributed by atoms with Crippen molar-refractivity contribution in [1.29, 1.82) is 0 Å². The minimum atomic E-state index is 0.728. The van der Waals surface area contributed by atoms with Gasteiger partial charge >= 0.3 is 0 Å². The summed E-state index contributed by atoms with van der Waals surface area (Å²) in [6.45, 7) is 6.13. The van der Waals surface area contributed by atoms with E-state index in [9.17, 15) is 9.59 Å². The maximum Gasteiger partial charge on any atom is 0.166 e. The summed E-state index contributed by atoms with van der Waals surface area (Å²) in [6.07, 6.45) is 19.6. The summed E-state index contributed by atoms with van der Waals surface area (Å²) in [6, 6.07) is 35.4. The molecular formula is C44H49N3O2. The third-order valence-electron chi connectivity index (χ3n) is 9.02. The number of para-hydroxylation sites is 1. The second kappa shape index (κ2) is 18.4. The Balaban J connectivity index is 1.33. The van der Waals surface area contributed by atoms with Gasteiger partial charge < -0.3 is 14.0 Å². The highest BCUT2D eigenvalue weighted by Gasteiger charge is 2.12. The van der Waals surface area contributed by atoms with Gasteiger partial charge in [0.1, 0.15) is 0 Å². The lowest BCUT2D eigenvalue weighted by Crippen LogP contribution is -2.09. The molecule has 0 aliphatic heterocycles. The number of carbonyl (C=O) groups is 2. The van der Waals surface area contributed by atoms with Gasteiger partial charge in [-0.15, -0.1) is 0 Å². The van der Waals surface area contributed by atoms with Gasteiger partial charge in [0.15, 0.2) is 12.6 Å². The molecule has 0 saturated carbocycles. The highest BCUT2D eigenvalue weighted by molar-refractivity contribution is 5.80. The van der Waals surface area contributed by atoms with E-state index in [0.717, 1.165) is 89.5 Å². The van der Waals surface area contributed by atoms with Crippen molar-refractivity contribution in [2.45, 2.75) is 78.3 Å². The summed E-state index contributed by atoms with van der Waals surface area (Å²) in [4.78, 5) is 25.6. The van der Waals surface area contributed by atoms with Crippen LogP contribution >= 0.6 is 0 Å². The highest BCUT2D eigenvalue weighted by Crippen LogP contribution is 2.35. The number of carbonyl (C=O) groups excluding carboxylic acids is 2. The van der Waals surface area contributed by atoms with Crippen molar-refractivity contribution < 1.29 is 9.59 Å². The van der Waals surface area contributed by atoms with Crippen molar-refractivity contribution >= 4 is 53.9 Å². The van der Waals surface area contributed by atoms with E-state index in [4.69, 9.17) is 0 Å². The highest BCUT2D eigenvalue weighted by atomic mass is 16.1. The average Bonchev–Trinajstić information content (AvgIpc) is 3.74. The third-order valence-corrected chi connectivity index (χ3v) is 9.02. The van der Waals surface area contributed by atoms with Crippen LogP contribution in [-0.4, -0.2) is 21.7 Å². The van der Waals surface area contributed by atoms with Crippen molar-refractivity contribution in [2.75, 3.05) is 4.90 Å². The Kier molecular flexibility index (Phi) is 13.2. The van der Waals surface area contributed by atoms with Crippen LogP contribution in [-0.2, 0) is 13.1 Å². The molecule has 49 heavy (non-hydrogen) atoms.